The molecule has 0 atom stereocenters. The molecule has 0 aromatic heterocycles. The van der Waals surface area contributed by atoms with Gasteiger partial charge in [0, 0.05) is 0 Å². The maximum absolute atomic E-state index is 14.0. The minimum absolute atomic E-state index is 0.386. The molecule has 2 aliphatic rings. The Bertz CT molecular complexity index is 764. The predicted octanol–water partition coefficient (Wildman–Crippen LogP) is 9.94. The monoisotopic (exact) mass is 500 g/mol. The molecule has 3 rings (SSSR count). The molecule has 6 heteroatoms. The Morgan fingerprint density at radius 1 is 0.800 bits per heavy atom. The Morgan fingerprint density at radius 3 is 1.86 bits per heavy atom. The minimum Gasteiger partial charge on any atom is -0.399 e. The standard InChI is InChI=1S/C29H41F5O/c1-2-3-4-5-6-7-8-21-11-15-24(16-12-21)25-17-13-22(14-18-25)9-10-23-19-26(30)28(27(31)20-23)35-29(32,33)34/h3-4,19-22,24-25H,2,5-18H2,1H3. The van der Waals surface area contributed by atoms with Crippen molar-refractivity contribution < 1.29 is 26.7 Å². The topological polar surface area (TPSA) is 9.23 Å². The van der Waals surface area contributed by atoms with Crippen molar-refractivity contribution in [3.8, 4) is 5.75 Å². The van der Waals surface area contributed by atoms with E-state index in [-0.39, 0.29) is 0 Å². The zero-order valence-corrected chi connectivity index (χ0v) is 21.0. The van der Waals surface area contributed by atoms with Crippen LogP contribution in [0.1, 0.15) is 102 Å². The lowest BCUT2D eigenvalue weighted by atomic mass is 9.68. The molecule has 35 heavy (non-hydrogen) atoms. The molecule has 0 aliphatic heterocycles. The van der Waals surface area contributed by atoms with Crippen LogP contribution >= 0.6 is 0 Å². The van der Waals surface area contributed by atoms with Crippen LogP contribution in [-0.4, -0.2) is 6.36 Å². The molecule has 2 fully saturated rings. The van der Waals surface area contributed by atoms with E-state index in [0.717, 1.165) is 55.6 Å². The zero-order valence-electron chi connectivity index (χ0n) is 21.0. The van der Waals surface area contributed by atoms with E-state index in [9.17, 15) is 22.0 Å². The van der Waals surface area contributed by atoms with Crippen LogP contribution in [0.15, 0.2) is 24.3 Å². The molecule has 1 nitrogen and oxygen atoms in total. The summed E-state index contributed by atoms with van der Waals surface area (Å²) in [4.78, 5) is 0. The number of alkyl halides is 3. The Kier molecular flexibility index (Phi) is 10.9. The fourth-order valence-electron chi connectivity index (χ4n) is 6.22. The molecule has 2 saturated carbocycles. The number of ether oxygens (including phenoxy) is 1. The van der Waals surface area contributed by atoms with Crippen LogP contribution in [-0.2, 0) is 6.42 Å². The van der Waals surface area contributed by atoms with Gasteiger partial charge in [0.05, 0.1) is 0 Å². The maximum atomic E-state index is 14.0. The van der Waals surface area contributed by atoms with Gasteiger partial charge in [-0.05, 0) is 99.2 Å². The van der Waals surface area contributed by atoms with Gasteiger partial charge in [-0.25, -0.2) is 8.78 Å². The summed E-state index contributed by atoms with van der Waals surface area (Å²) in [5.74, 6) is -0.896. The van der Waals surface area contributed by atoms with Gasteiger partial charge in [-0.2, -0.15) is 0 Å². The van der Waals surface area contributed by atoms with Crippen molar-refractivity contribution in [1.29, 1.82) is 0 Å². The van der Waals surface area contributed by atoms with E-state index in [1.807, 2.05) is 0 Å². The first-order valence-electron chi connectivity index (χ1n) is 13.6. The number of rotatable bonds is 11. The van der Waals surface area contributed by atoms with Gasteiger partial charge in [0.25, 0.3) is 0 Å². The number of hydrogen-bond acceptors (Lipinski definition) is 1. The van der Waals surface area contributed by atoms with Gasteiger partial charge in [-0.1, -0.05) is 57.6 Å². The van der Waals surface area contributed by atoms with E-state index in [1.54, 1.807) is 0 Å². The summed E-state index contributed by atoms with van der Waals surface area (Å²) in [5.41, 5.74) is 0.386. The number of benzene rings is 1. The summed E-state index contributed by atoms with van der Waals surface area (Å²) < 4.78 is 68.3. The van der Waals surface area contributed by atoms with Gasteiger partial charge in [0.15, 0.2) is 11.6 Å². The number of hydrogen-bond donors (Lipinski definition) is 0. The molecule has 0 spiro atoms. The minimum atomic E-state index is -5.12. The number of halogens is 5. The van der Waals surface area contributed by atoms with Crippen molar-refractivity contribution in [2.45, 2.75) is 110 Å². The number of aryl methyl sites for hydroxylation is 1. The van der Waals surface area contributed by atoms with Gasteiger partial charge in [0.1, 0.15) is 0 Å². The lowest BCUT2D eigenvalue weighted by Gasteiger charge is -2.38. The lowest BCUT2D eigenvalue weighted by molar-refractivity contribution is -0.276. The fourth-order valence-corrected chi connectivity index (χ4v) is 6.22. The van der Waals surface area contributed by atoms with Gasteiger partial charge < -0.3 is 4.74 Å². The van der Waals surface area contributed by atoms with E-state index in [4.69, 9.17) is 0 Å². The average Bonchev–Trinajstić information content (AvgIpc) is 2.82. The third kappa shape index (κ3) is 9.42. The van der Waals surface area contributed by atoms with Crippen molar-refractivity contribution in [3.05, 3.63) is 41.5 Å². The second kappa shape index (κ2) is 13.6. The van der Waals surface area contributed by atoms with Crippen LogP contribution in [0.25, 0.3) is 0 Å². The fraction of sp³-hybridized carbons (Fsp3) is 0.724. The summed E-state index contributed by atoms with van der Waals surface area (Å²) in [7, 11) is 0. The first kappa shape index (κ1) is 28.0. The molecule has 0 N–H and O–H groups in total. The second-order valence-electron chi connectivity index (χ2n) is 10.7. The third-order valence-corrected chi connectivity index (χ3v) is 8.20. The van der Waals surface area contributed by atoms with Crippen LogP contribution in [0, 0.1) is 35.3 Å². The van der Waals surface area contributed by atoms with E-state index >= 15 is 0 Å². The highest BCUT2D eigenvalue weighted by Crippen LogP contribution is 2.43. The Labute approximate surface area is 207 Å². The Balaban J connectivity index is 1.34. The molecule has 2 aliphatic carbocycles. The molecule has 0 amide bonds. The molecule has 0 heterocycles. The second-order valence-corrected chi connectivity index (χ2v) is 10.7. The molecule has 0 saturated heterocycles. The maximum Gasteiger partial charge on any atom is 0.573 e. The summed E-state index contributed by atoms with van der Waals surface area (Å²) in [5, 5.41) is 0. The van der Waals surface area contributed by atoms with Crippen LogP contribution < -0.4 is 4.74 Å². The SMILES string of the molecule is CCC=CCCCCC1CCC(C2CCC(CCc3cc(F)c(OC(F)(F)F)c(F)c3)CC2)CC1. The highest BCUT2D eigenvalue weighted by atomic mass is 19.4. The Morgan fingerprint density at radius 2 is 1.34 bits per heavy atom. The molecule has 0 radical (unpaired) electrons. The summed E-state index contributed by atoms with van der Waals surface area (Å²) in [6.07, 6.45) is 17.3. The predicted molar refractivity (Wildman–Crippen MR) is 130 cm³/mol. The van der Waals surface area contributed by atoms with E-state index in [1.165, 1.54) is 64.2 Å². The van der Waals surface area contributed by atoms with Crippen molar-refractivity contribution in [1.82, 2.24) is 0 Å². The van der Waals surface area contributed by atoms with Crippen molar-refractivity contribution >= 4 is 0 Å². The smallest absolute Gasteiger partial charge is 0.399 e. The normalized spacial score (nSPS) is 25.8. The third-order valence-electron chi connectivity index (χ3n) is 8.20. The molecular formula is C29H41F5O. The quantitative estimate of drug-likeness (QED) is 0.167. The zero-order chi connectivity index (χ0) is 25.3. The van der Waals surface area contributed by atoms with Crippen LogP contribution in [0.3, 0.4) is 0 Å². The van der Waals surface area contributed by atoms with Gasteiger partial charge in [-0.15, -0.1) is 13.2 Å². The molecule has 0 unspecified atom stereocenters. The van der Waals surface area contributed by atoms with E-state index in [0.29, 0.717) is 17.9 Å². The first-order valence-corrected chi connectivity index (χ1v) is 13.6. The number of unbranched alkanes of at least 4 members (excludes halogenated alkanes) is 2. The van der Waals surface area contributed by atoms with Crippen LogP contribution in [0.4, 0.5) is 22.0 Å². The van der Waals surface area contributed by atoms with E-state index < -0.39 is 23.7 Å². The Hall–Kier alpha value is -1.59. The molecule has 198 valence electrons. The highest BCUT2D eigenvalue weighted by molar-refractivity contribution is 5.31. The van der Waals surface area contributed by atoms with Gasteiger partial charge in [0.2, 0.25) is 5.75 Å². The summed E-state index contributed by atoms with van der Waals surface area (Å²) in [6, 6.07) is 1.94. The average molecular weight is 501 g/mol. The van der Waals surface area contributed by atoms with Crippen molar-refractivity contribution in [2.75, 3.05) is 0 Å². The lowest BCUT2D eigenvalue weighted by Crippen LogP contribution is -2.26. The van der Waals surface area contributed by atoms with E-state index in [2.05, 4.69) is 23.8 Å². The molecular weight excluding hydrogens is 459 g/mol. The van der Waals surface area contributed by atoms with Gasteiger partial charge >= 0.3 is 6.36 Å². The summed E-state index contributed by atoms with van der Waals surface area (Å²) >= 11 is 0. The molecule has 1 aromatic carbocycles. The van der Waals surface area contributed by atoms with Crippen molar-refractivity contribution in [3.63, 3.8) is 0 Å². The summed E-state index contributed by atoms with van der Waals surface area (Å²) in [6.45, 7) is 2.18. The van der Waals surface area contributed by atoms with Gasteiger partial charge in [-0.3, -0.25) is 0 Å². The largest absolute Gasteiger partial charge is 0.573 e. The van der Waals surface area contributed by atoms with Crippen molar-refractivity contribution in [2.24, 2.45) is 23.7 Å². The molecule has 0 bridgehead atoms. The molecule has 1 aromatic rings. The highest BCUT2D eigenvalue weighted by Gasteiger charge is 2.34. The number of allylic oxidation sites excluding steroid dienone is 2. The first-order chi connectivity index (χ1) is 16.7. The van der Waals surface area contributed by atoms with Crippen LogP contribution in [0.2, 0.25) is 0 Å². The van der Waals surface area contributed by atoms with Crippen LogP contribution in [0.5, 0.6) is 5.75 Å².